The Bertz CT molecular complexity index is 484. The quantitative estimate of drug-likeness (QED) is 0.812. The summed E-state index contributed by atoms with van der Waals surface area (Å²) in [6.45, 7) is 0. The predicted octanol–water partition coefficient (Wildman–Crippen LogP) is 3.04. The van der Waals surface area contributed by atoms with Crippen molar-refractivity contribution < 1.29 is 14.7 Å². The highest BCUT2D eigenvalue weighted by atomic mass is 79.9. The van der Waals surface area contributed by atoms with E-state index >= 15 is 0 Å². The molecule has 0 fully saturated rings. The Hall–Kier alpha value is -0.720. The third kappa shape index (κ3) is 4.71. The molecule has 0 spiro atoms. The first-order valence-corrected chi connectivity index (χ1v) is 8.00. The smallest absolute Gasteiger partial charge is 0.326 e. The molecule has 104 valence electrons. The first-order chi connectivity index (χ1) is 8.97. The van der Waals surface area contributed by atoms with Gasteiger partial charge in [0.2, 0.25) is 0 Å². The lowest BCUT2D eigenvalue weighted by Gasteiger charge is -2.14. The monoisotopic (exact) mass is 365 g/mol. The summed E-state index contributed by atoms with van der Waals surface area (Å²) in [5, 5.41) is 11.8. The highest BCUT2D eigenvalue weighted by Gasteiger charge is 2.21. The van der Waals surface area contributed by atoms with Crippen LogP contribution in [0.2, 0.25) is 5.02 Å². The average Bonchev–Trinajstić information content (AvgIpc) is 2.37. The molecule has 0 unspecified atom stereocenters. The molecule has 0 aliphatic carbocycles. The zero-order valence-electron chi connectivity index (χ0n) is 10.2. The van der Waals surface area contributed by atoms with Gasteiger partial charge in [-0.05, 0) is 46.5 Å². The lowest BCUT2D eigenvalue weighted by Crippen LogP contribution is -2.41. The molecule has 0 radical (unpaired) electrons. The summed E-state index contributed by atoms with van der Waals surface area (Å²) in [7, 11) is 0. The second-order valence-electron chi connectivity index (χ2n) is 3.75. The second-order valence-corrected chi connectivity index (χ2v) is 5.97. The number of nitrogens with one attached hydrogen (secondary N) is 1. The van der Waals surface area contributed by atoms with Crippen molar-refractivity contribution in [3.05, 3.63) is 33.3 Å². The van der Waals surface area contributed by atoms with E-state index in [-0.39, 0.29) is 10.6 Å². The number of amides is 1. The summed E-state index contributed by atoms with van der Waals surface area (Å²) in [6.07, 6.45) is 2.25. The van der Waals surface area contributed by atoms with Gasteiger partial charge in [0.15, 0.2) is 0 Å². The zero-order chi connectivity index (χ0) is 14.4. The van der Waals surface area contributed by atoms with Crippen molar-refractivity contribution in [1.82, 2.24) is 5.32 Å². The molecule has 19 heavy (non-hydrogen) atoms. The highest BCUT2D eigenvalue weighted by Crippen LogP contribution is 2.26. The van der Waals surface area contributed by atoms with Crippen molar-refractivity contribution in [2.24, 2.45) is 0 Å². The third-order valence-electron chi connectivity index (χ3n) is 2.41. The molecular weight excluding hydrogens is 354 g/mol. The van der Waals surface area contributed by atoms with Crippen LogP contribution in [-0.2, 0) is 4.79 Å². The molecule has 0 aliphatic heterocycles. The number of aliphatic carboxylic acids is 1. The number of hydrogen-bond donors (Lipinski definition) is 2. The Morgan fingerprint density at radius 1 is 1.53 bits per heavy atom. The fraction of sp³-hybridized carbons (Fsp3) is 0.333. The van der Waals surface area contributed by atoms with E-state index in [9.17, 15) is 9.59 Å². The maximum atomic E-state index is 12.0. The molecule has 1 atom stereocenters. The summed E-state index contributed by atoms with van der Waals surface area (Å²) in [5.74, 6) is -0.878. The zero-order valence-corrected chi connectivity index (χ0v) is 13.3. The minimum atomic E-state index is -1.05. The first kappa shape index (κ1) is 16.3. The van der Waals surface area contributed by atoms with E-state index in [1.807, 2.05) is 6.26 Å². The summed E-state index contributed by atoms with van der Waals surface area (Å²) >= 11 is 10.7. The average molecular weight is 367 g/mol. The van der Waals surface area contributed by atoms with Gasteiger partial charge in [0.05, 0.1) is 10.6 Å². The molecule has 7 heteroatoms. The highest BCUT2D eigenvalue weighted by molar-refractivity contribution is 9.10. The Morgan fingerprint density at radius 2 is 2.21 bits per heavy atom. The molecule has 0 bridgehead atoms. The van der Waals surface area contributed by atoms with Crippen molar-refractivity contribution >= 4 is 51.2 Å². The van der Waals surface area contributed by atoms with Crippen LogP contribution in [0.25, 0.3) is 0 Å². The van der Waals surface area contributed by atoms with E-state index in [1.165, 1.54) is 11.8 Å². The topological polar surface area (TPSA) is 66.4 Å². The van der Waals surface area contributed by atoms with E-state index in [1.54, 1.807) is 18.2 Å². The molecule has 2 N–H and O–H groups in total. The van der Waals surface area contributed by atoms with Crippen LogP contribution in [0.4, 0.5) is 0 Å². The van der Waals surface area contributed by atoms with E-state index in [4.69, 9.17) is 16.7 Å². The molecule has 0 saturated carbocycles. The second kappa shape index (κ2) is 7.77. The van der Waals surface area contributed by atoms with Crippen LogP contribution in [0.3, 0.4) is 0 Å². The van der Waals surface area contributed by atoms with Gasteiger partial charge in [-0.3, -0.25) is 4.79 Å². The number of carboxylic acid groups (broad SMARTS) is 1. The molecule has 1 aromatic rings. The van der Waals surface area contributed by atoms with Gasteiger partial charge < -0.3 is 10.4 Å². The first-order valence-electron chi connectivity index (χ1n) is 5.44. The van der Waals surface area contributed by atoms with Gasteiger partial charge in [-0.1, -0.05) is 17.7 Å². The fourth-order valence-corrected chi connectivity index (χ4v) is 2.46. The van der Waals surface area contributed by atoms with Crippen LogP contribution >= 0.6 is 39.3 Å². The number of carbonyl (C=O) groups is 2. The molecular formula is C12H13BrClNO3S. The Kier molecular flexibility index (Phi) is 6.68. The molecule has 1 aromatic carbocycles. The van der Waals surface area contributed by atoms with Gasteiger partial charge in [0.25, 0.3) is 5.91 Å². The summed E-state index contributed by atoms with van der Waals surface area (Å²) in [5.41, 5.74) is 0.256. The number of carbonyl (C=O) groups excluding carboxylic acids is 1. The molecule has 1 rings (SSSR count). The van der Waals surface area contributed by atoms with Gasteiger partial charge in [-0.2, -0.15) is 11.8 Å². The molecule has 0 heterocycles. The van der Waals surface area contributed by atoms with E-state index in [0.717, 1.165) is 0 Å². The van der Waals surface area contributed by atoms with Crippen LogP contribution < -0.4 is 5.32 Å². The maximum Gasteiger partial charge on any atom is 0.326 e. The van der Waals surface area contributed by atoms with Crippen molar-refractivity contribution in [3.8, 4) is 0 Å². The van der Waals surface area contributed by atoms with Crippen LogP contribution in [0, 0.1) is 0 Å². The molecule has 0 aromatic heterocycles. The van der Waals surface area contributed by atoms with Gasteiger partial charge >= 0.3 is 5.97 Å². The van der Waals surface area contributed by atoms with Crippen LogP contribution in [0.1, 0.15) is 16.8 Å². The van der Waals surface area contributed by atoms with Crippen molar-refractivity contribution in [3.63, 3.8) is 0 Å². The van der Waals surface area contributed by atoms with Crippen molar-refractivity contribution in [2.45, 2.75) is 12.5 Å². The molecule has 1 amide bonds. The SMILES string of the molecule is CSCC[C@H](NC(=O)c1cccc(Br)c1Cl)C(=O)O. The van der Waals surface area contributed by atoms with E-state index in [2.05, 4.69) is 21.2 Å². The Balaban J connectivity index is 2.82. The standard InChI is InChI=1S/C12H13BrClNO3S/c1-19-6-5-9(12(17)18)15-11(16)7-3-2-4-8(13)10(7)14/h2-4,9H,5-6H2,1H3,(H,15,16)(H,17,18)/t9-/m0/s1. The molecule has 0 aliphatic rings. The number of thioether (sulfide) groups is 1. The number of rotatable bonds is 6. The van der Waals surface area contributed by atoms with Crippen LogP contribution in [0.5, 0.6) is 0 Å². The van der Waals surface area contributed by atoms with Gasteiger partial charge in [-0.25, -0.2) is 4.79 Å². The van der Waals surface area contributed by atoms with Crippen LogP contribution in [-0.4, -0.2) is 35.0 Å². The van der Waals surface area contributed by atoms with Crippen LogP contribution in [0.15, 0.2) is 22.7 Å². The van der Waals surface area contributed by atoms with E-state index in [0.29, 0.717) is 16.6 Å². The third-order valence-corrected chi connectivity index (χ3v) is 4.35. The number of benzene rings is 1. The van der Waals surface area contributed by atoms with Crippen molar-refractivity contribution in [1.29, 1.82) is 0 Å². The summed E-state index contributed by atoms with van der Waals surface area (Å²) in [6, 6.07) is 4.02. The summed E-state index contributed by atoms with van der Waals surface area (Å²) < 4.78 is 0.595. The normalized spacial score (nSPS) is 11.9. The fourth-order valence-electron chi connectivity index (χ4n) is 1.41. The molecule has 4 nitrogen and oxygen atoms in total. The summed E-state index contributed by atoms with van der Waals surface area (Å²) in [4.78, 5) is 23.1. The van der Waals surface area contributed by atoms with Gasteiger partial charge in [0.1, 0.15) is 6.04 Å². The van der Waals surface area contributed by atoms with Gasteiger partial charge in [0, 0.05) is 4.47 Å². The van der Waals surface area contributed by atoms with Gasteiger partial charge in [-0.15, -0.1) is 0 Å². The number of hydrogen-bond acceptors (Lipinski definition) is 3. The lowest BCUT2D eigenvalue weighted by atomic mass is 10.1. The lowest BCUT2D eigenvalue weighted by molar-refractivity contribution is -0.139. The molecule has 0 saturated heterocycles. The predicted molar refractivity (Wildman–Crippen MR) is 81.0 cm³/mol. The maximum absolute atomic E-state index is 12.0. The largest absolute Gasteiger partial charge is 0.480 e. The minimum absolute atomic E-state index is 0.256. The Labute approximate surface area is 129 Å². The van der Waals surface area contributed by atoms with Crippen molar-refractivity contribution in [2.75, 3.05) is 12.0 Å². The minimum Gasteiger partial charge on any atom is -0.480 e. The number of halogens is 2. The number of carboxylic acids is 1. The Morgan fingerprint density at radius 3 is 2.79 bits per heavy atom. The van der Waals surface area contributed by atoms with E-state index < -0.39 is 17.9 Å².